The minimum Gasteiger partial charge on any atom is -0.484 e. The lowest BCUT2D eigenvalue weighted by Gasteiger charge is -2.08. The quantitative estimate of drug-likeness (QED) is 0.889. The first-order chi connectivity index (χ1) is 10.1. The molecule has 0 heterocycles. The molecule has 0 bridgehead atoms. The van der Waals surface area contributed by atoms with E-state index in [0.717, 1.165) is 6.07 Å². The predicted molar refractivity (Wildman–Crippen MR) is 74.8 cm³/mol. The molecule has 6 heteroatoms. The van der Waals surface area contributed by atoms with Crippen LogP contribution in [0.1, 0.15) is 5.56 Å². The molecule has 0 spiro atoms. The summed E-state index contributed by atoms with van der Waals surface area (Å²) < 4.78 is 31.6. The maximum Gasteiger partial charge on any atom is 0.262 e. The van der Waals surface area contributed by atoms with E-state index in [0.29, 0.717) is 11.3 Å². The van der Waals surface area contributed by atoms with E-state index in [1.165, 1.54) is 30.3 Å². The zero-order valence-electron chi connectivity index (χ0n) is 11.1. The zero-order valence-corrected chi connectivity index (χ0v) is 11.1. The molecular weight excluding hydrogens is 278 g/mol. The van der Waals surface area contributed by atoms with E-state index in [1.54, 1.807) is 6.07 Å². The molecule has 21 heavy (non-hydrogen) atoms. The van der Waals surface area contributed by atoms with Gasteiger partial charge in [0.1, 0.15) is 17.4 Å². The summed E-state index contributed by atoms with van der Waals surface area (Å²) >= 11 is 0. The number of benzene rings is 2. The van der Waals surface area contributed by atoms with E-state index in [2.05, 4.69) is 5.32 Å². The summed E-state index contributed by atoms with van der Waals surface area (Å²) in [6.45, 7) is -0.218. The van der Waals surface area contributed by atoms with Crippen molar-refractivity contribution in [1.29, 1.82) is 0 Å². The molecule has 0 fully saturated rings. The second kappa shape index (κ2) is 6.81. The van der Waals surface area contributed by atoms with Crippen LogP contribution in [0.15, 0.2) is 42.5 Å². The van der Waals surface area contributed by atoms with Gasteiger partial charge in [-0.3, -0.25) is 4.79 Å². The molecule has 110 valence electrons. The number of amides is 1. The van der Waals surface area contributed by atoms with Gasteiger partial charge in [0, 0.05) is 23.9 Å². The molecule has 2 aromatic rings. The number of carbonyl (C=O) groups excluding carboxylic acids is 1. The fraction of sp³-hybridized carbons (Fsp3) is 0.133. The fourth-order valence-corrected chi connectivity index (χ4v) is 1.70. The number of halogens is 2. The minimum absolute atomic E-state index is 0.0895. The minimum atomic E-state index is -0.486. The van der Waals surface area contributed by atoms with Gasteiger partial charge in [-0.05, 0) is 24.3 Å². The van der Waals surface area contributed by atoms with Gasteiger partial charge in [0.05, 0.1) is 0 Å². The number of anilines is 1. The second-order valence-electron chi connectivity index (χ2n) is 4.30. The van der Waals surface area contributed by atoms with Crippen molar-refractivity contribution in [3.05, 3.63) is 59.7 Å². The summed E-state index contributed by atoms with van der Waals surface area (Å²) in [6.07, 6.45) is 0. The predicted octanol–water partition coefficient (Wildman–Crippen LogP) is 2.44. The van der Waals surface area contributed by atoms with Gasteiger partial charge in [0.15, 0.2) is 6.61 Å². The third kappa shape index (κ3) is 4.25. The monoisotopic (exact) mass is 292 g/mol. The first kappa shape index (κ1) is 14.9. The summed E-state index contributed by atoms with van der Waals surface area (Å²) in [6, 6.07) is 9.68. The number of rotatable bonds is 5. The highest BCUT2D eigenvalue weighted by Gasteiger charge is 2.06. The summed E-state index contributed by atoms with van der Waals surface area (Å²) in [7, 11) is 0. The SMILES string of the molecule is NCc1ccc(OCC(=O)Nc2cccc(F)c2)cc1F. The van der Waals surface area contributed by atoms with Crippen LogP contribution in [0, 0.1) is 11.6 Å². The Hall–Kier alpha value is -2.47. The van der Waals surface area contributed by atoms with Crippen LogP contribution in [0.3, 0.4) is 0 Å². The molecule has 0 aliphatic carbocycles. The standard InChI is InChI=1S/C15H14F2N2O2/c16-11-2-1-3-12(6-11)19-15(20)9-21-13-5-4-10(8-18)14(17)7-13/h1-7H,8-9,18H2,(H,19,20). The van der Waals surface area contributed by atoms with Gasteiger partial charge in [0.2, 0.25) is 0 Å². The van der Waals surface area contributed by atoms with Gasteiger partial charge in [-0.15, -0.1) is 0 Å². The maximum absolute atomic E-state index is 13.5. The number of hydrogen-bond acceptors (Lipinski definition) is 3. The molecule has 0 aromatic heterocycles. The lowest BCUT2D eigenvalue weighted by molar-refractivity contribution is -0.118. The Morgan fingerprint density at radius 2 is 2.00 bits per heavy atom. The van der Waals surface area contributed by atoms with Crippen molar-refractivity contribution in [2.24, 2.45) is 5.73 Å². The van der Waals surface area contributed by atoms with Crippen molar-refractivity contribution in [2.45, 2.75) is 6.54 Å². The van der Waals surface area contributed by atoms with Gasteiger partial charge in [-0.1, -0.05) is 12.1 Å². The highest BCUT2D eigenvalue weighted by atomic mass is 19.1. The molecule has 1 amide bonds. The molecule has 2 aromatic carbocycles. The van der Waals surface area contributed by atoms with Crippen LogP contribution >= 0.6 is 0 Å². The second-order valence-corrected chi connectivity index (χ2v) is 4.30. The Balaban J connectivity index is 1.90. The summed E-state index contributed by atoms with van der Waals surface area (Å²) in [5.74, 6) is -1.18. The van der Waals surface area contributed by atoms with E-state index in [9.17, 15) is 13.6 Å². The Kier molecular flexibility index (Phi) is 4.84. The highest BCUT2D eigenvalue weighted by molar-refractivity contribution is 5.91. The van der Waals surface area contributed by atoms with Gasteiger partial charge in [-0.2, -0.15) is 0 Å². The van der Waals surface area contributed by atoms with E-state index in [1.807, 2.05) is 0 Å². The normalized spacial score (nSPS) is 10.2. The fourth-order valence-electron chi connectivity index (χ4n) is 1.70. The zero-order chi connectivity index (χ0) is 15.2. The molecule has 0 radical (unpaired) electrons. The summed E-state index contributed by atoms with van der Waals surface area (Å²) in [5.41, 5.74) is 6.04. The van der Waals surface area contributed by atoms with Crippen molar-refractivity contribution >= 4 is 11.6 Å². The van der Waals surface area contributed by atoms with Gasteiger partial charge in [0.25, 0.3) is 5.91 Å². The lowest BCUT2D eigenvalue weighted by atomic mass is 10.2. The van der Waals surface area contributed by atoms with Gasteiger partial charge in [-0.25, -0.2) is 8.78 Å². The first-order valence-electron chi connectivity index (χ1n) is 6.25. The van der Waals surface area contributed by atoms with Crippen LogP contribution in [-0.4, -0.2) is 12.5 Å². The van der Waals surface area contributed by atoms with Gasteiger partial charge < -0.3 is 15.8 Å². The Labute approximate surface area is 120 Å². The summed E-state index contributed by atoms with van der Waals surface area (Å²) in [4.78, 5) is 11.6. The Morgan fingerprint density at radius 3 is 2.67 bits per heavy atom. The molecule has 0 saturated carbocycles. The molecule has 0 atom stereocenters. The number of ether oxygens (including phenoxy) is 1. The highest BCUT2D eigenvalue weighted by Crippen LogP contribution is 2.16. The van der Waals surface area contributed by atoms with Crippen LogP contribution in [0.25, 0.3) is 0 Å². The lowest BCUT2D eigenvalue weighted by Crippen LogP contribution is -2.20. The number of nitrogens with one attached hydrogen (secondary N) is 1. The molecule has 0 aliphatic rings. The van der Waals surface area contributed by atoms with E-state index in [-0.39, 0.29) is 18.9 Å². The maximum atomic E-state index is 13.5. The Morgan fingerprint density at radius 1 is 1.19 bits per heavy atom. The van der Waals surface area contributed by atoms with E-state index < -0.39 is 17.5 Å². The Bertz CT molecular complexity index is 647. The summed E-state index contributed by atoms with van der Waals surface area (Å²) in [5, 5.41) is 2.47. The molecular formula is C15H14F2N2O2. The average molecular weight is 292 g/mol. The van der Waals surface area contributed by atoms with E-state index >= 15 is 0 Å². The van der Waals surface area contributed by atoms with Crippen LogP contribution in [0.2, 0.25) is 0 Å². The number of carbonyl (C=O) groups is 1. The number of nitrogens with two attached hydrogens (primary N) is 1. The van der Waals surface area contributed by atoms with Crippen LogP contribution in [0.5, 0.6) is 5.75 Å². The number of hydrogen-bond donors (Lipinski definition) is 2. The molecule has 2 rings (SSSR count). The van der Waals surface area contributed by atoms with Crippen LogP contribution in [-0.2, 0) is 11.3 Å². The van der Waals surface area contributed by atoms with Gasteiger partial charge >= 0.3 is 0 Å². The largest absolute Gasteiger partial charge is 0.484 e. The average Bonchev–Trinajstić information content (AvgIpc) is 2.45. The van der Waals surface area contributed by atoms with E-state index in [4.69, 9.17) is 10.5 Å². The van der Waals surface area contributed by atoms with Crippen molar-refractivity contribution in [3.63, 3.8) is 0 Å². The molecule has 0 unspecified atom stereocenters. The molecule has 0 aliphatic heterocycles. The van der Waals surface area contributed by atoms with Crippen molar-refractivity contribution < 1.29 is 18.3 Å². The smallest absolute Gasteiger partial charge is 0.262 e. The third-order valence-electron chi connectivity index (χ3n) is 2.72. The van der Waals surface area contributed by atoms with Crippen LogP contribution < -0.4 is 15.8 Å². The topological polar surface area (TPSA) is 64.3 Å². The molecule has 4 nitrogen and oxygen atoms in total. The first-order valence-corrected chi connectivity index (χ1v) is 6.25. The van der Waals surface area contributed by atoms with Crippen LogP contribution in [0.4, 0.5) is 14.5 Å². The van der Waals surface area contributed by atoms with Crippen molar-refractivity contribution in [3.8, 4) is 5.75 Å². The third-order valence-corrected chi connectivity index (χ3v) is 2.72. The molecule has 3 N–H and O–H groups in total. The van der Waals surface area contributed by atoms with Crippen molar-refractivity contribution in [1.82, 2.24) is 0 Å². The molecule has 0 saturated heterocycles. The van der Waals surface area contributed by atoms with Crippen molar-refractivity contribution in [2.75, 3.05) is 11.9 Å².